The molecule has 116 valence electrons. The average molecular weight is 298 g/mol. The predicted octanol–water partition coefficient (Wildman–Crippen LogP) is 3.14. The minimum Gasteiger partial charge on any atom is -0.447 e. The summed E-state index contributed by atoms with van der Waals surface area (Å²) < 4.78 is 5.30. The molecule has 0 bridgehead atoms. The summed E-state index contributed by atoms with van der Waals surface area (Å²) in [6, 6.07) is 11.0. The van der Waals surface area contributed by atoms with Crippen LogP contribution in [-0.4, -0.2) is 16.1 Å². The maximum Gasteiger partial charge on any atom is 0.208 e. The molecule has 1 heterocycles. The van der Waals surface area contributed by atoms with Crippen LogP contribution in [0.4, 0.5) is 0 Å². The molecule has 22 heavy (non-hydrogen) atoms. The Labute approximate surface area is 130 Å². The van der Waals surface area contributed by atoms with Gasteiger partial charge >= 0.3 is 0 Å². The topological polar surface area (TPSA) is 58.3 Å². The van der Waals surface area contributed by atoms with Gasteiger partial charge in [-0.15, -0.1) is 0 Å². The largest absolute Gasteiger partial charge is 0.447 e. The fourth-order valence-electron chi connectivity index (χ4n) is 2.79. The van der Waals surface area contributed by atoms with Crippen LogP contribution in [-0.2, 0) is 13.2 Å². The van der Waals surface area contributed by atoms with Gasteiger partial charge in [0.05, 0.1) is 13.2 Å². The number of benzene rings is 1. The van der Waals surface area contributed by atoms with Gasteiger partial charge in [0.15, 0.2) is 0 Å². The first-order chi connectivity index (χ1) is 10.8. The Hall–Kier alpha value is -1.91. The van der Waals surface area contributed by atoms with Crippen molar-refractivity contribution in [2.75, 3.05) is 0 Å². The lowest BCUT2D eigenvalue weighted by molar-refractivity contribution is 0.276. The molecule has 0 amide bonds. The van der Waals surface area contributed by atoms with Gasteiger partial charge in [0, 0.05) is 6.04 Å². The van der Waals surface area contributed by atoms with Crippen LogP contribution in [0.15, 0.2) is 46.6 Å². The van der Waals surface area contributed by atoms with E-state index in [0.717, 1.165) is 6.42 Å². The standard InChI is InChI=1S/C18H22N2O2/c1-2-14(8-13-6-4-3-5-7-13)16-9-17(16)19-10-18-20-15(11-21)12-22-18/h3-8,12,16-17,19,21H,2,9-11H2,1H3. The van der Waals surface area contributed by atoms with Crippen molar-refractivity contribution >= 4 is 6.08 Å². The van der Waals surface area contributed by atoms with Crippen LogP contribution in [0.25, 0.3) is 6.08 Å². The lowest BCUT2D eigenvalue weighted by atomic mass is 10.0. The van der Waals surface area contributed by atoms with Gasteiger partial charge in [0.2, 0.25) is 5.89 Å². The molecule has 2 atom stereocenters. The van der Waals surface area contributed by atoms with Crippen molar-refractivity contribution in [3.8, 4) is 0 Å². The van der Waals surface area contributed by atoms with E-state index in [9.17, 15) is 0 Å². The third kappa shape index (κ3) is 3.64. The van der Waals surface area contributed by atoms with E-state index in [4.69, 9.17) is 9.52 Å². The van der Waals surface area contributed by atoms with E-state index in [1.807, 2.05) is 6.07 Å². The highest BCUT2D eigenvalue weighted by Crippen LogP contribution is 2.39. The number of hydrogen-bond donors (Lipinski definition) is 2. The molecule has 2 unspecified atom stereocenters. The number of hydrogen-bond acceptors (Lipinski definition) is 4. The van der Waals surface area contributed by atoms with Gasteiger partial charge in [-0.1, -0.05) is 48.9 Å². The number of aromatic nitrogens is 1. The second-order valence-electron chi connectivity index (χ2n) is 5.70. The summed E-state index contributed by atoms with van der Waals surface area (Å²) >= 11 is 0. The SMILES string of the molecule is CCC(=Cc1ccccc1)C1CC1NCc1nc(CO)co1. The lowest BCUT2D eigenvalue weighted by Gasteiger charge is -2.05. The van der Waals surface area contributed by atoms with E-state index in [1.54, 1.807) is 0 Å². The van der Waals surface area contributed by atoms with E-state index in [-0.39, 0.29) is 6.61 Å². The van der Waals surface area contributed by atoms with Gasteiger partial charge in [-0.3, -0.25) is 0 Å². The molecule has 1 aromatic heterocycles. The van der Waals surface area contributed by atoms with Gasteiger partial charge in [0.25, 0.3) is 0 Å². The van der Waals surface area contributed by atoms with E-state index in [1.165, 1.54) is 23.8 Å². The highest BCUT2D eigenvalue weighted by Gasteiger charge is 2.38. The summed E-state index contributed by atoms with van der Waals surface area (Å²) in [5.41, 5.74) is 3.35. The van der Waals surface area contributed by atoms with E-state index in [0.29, 0.717) is 30.1 Å². The molecule has 4 nitrogen and oxygen atoms in total. The second kappa shape index (κ2) is 6.90. The summed E-state index contributed by atoms with van der Waals surface area (Å²) in [4.78, 5) is 4.19. The fraction of sp³-hybridized carbons (Fsp3) is 0.389. The first kappa shape index (κ1) is 15.0. The minimum atomic E-state index is -0.0741. The minimum absolute atomic E-state index is 0.0741. The molecule has 1 aliphatic rings. The van der Waals surface area contributed by atoms with Gasteiger partial charge in [-0.25, -0.2) is 4.98 Å². The zero-order chi connectivity index (χ0) is 15.4. The van der Waals surface area contributed by atoms with E-state index >= 15 is 0 Å². The fourth-order valence-corrected chi connectivity index (χ4v) is 2.79. The molecule has 4 heteroatoms. The van der Waals surface area contributed by atoms with Crippen molar-refractivity contribution in [2.24, 2.45) is 5.92 Å². The quantitative estimate of drug-likeness (QED) is 0.824. The van der Waals surface area contributed by atoms with Crippen molar-refractivity contribution in [3.05, 3.63) is 59.3 Å². The molecule has 0 spiro atoms. The number of nitrogens with one attached hydrogen (secondary N) is 1. The third-order valence-electron chi connectivity index (χ3n) is 4.10. The molecule has 1 aromatic carbocycles. The van der Waals surface area contributed by atoms with Crippen molar-refractivity contribution in [1.29, 1.82) is 0 Å². The first-order valence-corrected chi connectivity index (χ1v) is 7.83. The van der Waals surface area contributed by atoms with Crippen LogP contribution in [0.1, 0.15) is 36.9 Å². The molecule has 1 aliphatic carbocycles. The summed E-state index contributed by atoms with van der Waals surface area (Å²) in [6.45, 7) is 2.75. The summed E-state index contributed by atoms with van der Waals surface area (Å²) in [5, 5.41) is 12.5. The van der Waals surface area contributed by atoms with Crippen LogP contribution >= 0.6 is 0 Å². The molecule has 0 aliphatic heterocycles. The maximum absolute atomic E-state index is 8.98. The van der Waals surface area contributed by atoms with E-state index < -0.39 is 0 Å². The Bertz CT molecular complexity index is 634. The Balaban J connectivity index is 1.55. The number of oxazole rings is 1. The molecule has 2 aromatic rings. The summed E-state index contributed by atoms with van der Waals surface area (Å²) in [5.74, 6) is 1.25. The Kier molecular flexibility index (Phi) is 4.71. The Morgan fingerprint density at radius 1 is 1.41 bits per heavy atom. The Morgan fingerprint density at radius 3 is 2.91 bits per heavy atom. The highest BCUT2D eigenvalue weighted by atomic mass is 16.3. The van der Waals surface area contributed by atoms with Crippen LogP contribution in [0.5, 0.6) is 0 Å². The number of nitrogens with zero attached hydrogens (tertiary/aromatic N) is 1. The zero-order valence-corrected chi connectivity index (χ0v) is 12.8. The van der Waals surface area contributed by atoms with Gasteiger partial charge < -0.3 is 14.8 Å². The molecule has 1 saturated carbocycles. The molecule has 3 rings (SSSR count). The summed E-state index contributed by atoms with van der Waals surface area (Å²) in [7, 11) is 0. The number of aliphatic hydroxyl groups is 1. The molecule has 2 N–H and O–H groups in total. The van der Waals surface area contributed by atoms with Crippen molar-refractivity contribution in [3.63, 3.8) is 0 Å². The predicted molar refractivity (Wildman–Crippen MR) is 85.9 cm³/mol. The van der Waals surface area contributed by atoms with Crippen molar-refractivity contribution in [2.45, 2.75) is 39.0 Å². The molecule has 0 saturated heterocycles. The van der Waals surface area contributed by atoms with Crippen molar-refractivity contribution < 1.29 is 9.52 Å². The maximum atomic E-state index is 8.98. The summed E-state index contributed by atoms with van der Waals surface area (Å²) in [6.07, 6.45) is 6.06. The van der Waals surface area contributed by atoms with Crippen molar-refractivity contribution in [1.82, 2.24) is 10.3 Å². The first-order valence-electron chi connectivity index (χ1n) is 7.83. The smallest absolute Gasteiger partial charge is 0.208 e. The number of rotatable bonds is 7. The van der Waals surface area contributed by atoms with Crippen LogP contribution < -0.4 is 5.32 Å². The average Bonchev–Trinajstić information content (AvgIpc) is 3.18. The van der Waals surface area contributed by atoms with Crippen LogP contribution in [0, 0.1) is 5.92 Å². The van der Waals surface area contributed by atoms with Crippen LogP contribution in [0.2, 0.25) is 0 Å². The molecular weight excluding hydrogens is 276 g/mol. The number of aliphatic hydroxyl groups excluding tert-OH is 1. The second-order valence-corrected chi connectivity index (χ2v) is 5.70. The molecular formula is C18H22N2O2. The normalized spacial score (nSPS) is 21.1. The molecule has 1 fully saturated rings. The monoisotopic (exact) mass is 298 g/mol. The van der Waals surface area contributed by atoms with E-state index in [2.05, 4.69) is 47.6 Å². The lowest BCUT2D eigenvalue weighted by Crippen LogP contribution is -2.18. The highest BCUT2D eigenvalue weighted by molar-refractivity contribution is 5.54. The van der Waals surface area contributed by atoms with Crippen LogP contribution in [0.3, 0.4) is 0 Å². The van der Waals surface area contributed by atoms with Gasteiger partial charge in [0.1, 0.15) is 12.0 Å². The zero-order valence-electron chi connectivity index (χ0n) is 12.8. The Morgan fingerprint density at radius 2 is 2.23 bits per heavy atom. The third-order valence-corrected chi connectivity index (χ3v) is 4.10. The van der Waals surface area contributed by atoms with Gasteiger partial charge in [-0.05, 0) is 24.3 Å². The van der Waals surface area contributed by atoms with Gasteiger partial charge in [-0.2, -0.15) is 0 Å². The molecule has 0 radical (unpaired) electrons.